The van der Waals surface area contributed by atoms with Crippen molar-refractivity contribution in [1.82, 2.24) is 5.32 Å². The maximum atomic E-state index is 5.59. The van der Waals surface area contributed by atoms with Crippen molar-refractivity contribution in [2.75, 3.05) is 6.54 Å². The summed E-state index contributed by atoms with van der Waals surface area (Å²) in [5, 5.41) is 3.73. The Hall–Kier alpha value is -0.760. The molecule has 2 nitrogen and oxygen atoms in total. The molecule has 2 atom stereocenters. The molecule has 2 rings (SSSR count). The highest BCUT2D eigenvalue weighted by atomic mass is 16.3. The monoisotopic (exact) mass is 221 g/mol. The van der Waals surface area contributed by atoms with Gasteiger partial charge in [-0.25, -0.2) is 0 Å². The standard InChI is InChI=1S/C14H23NO/c1-4-11(3)10-14(5-2)12-7-9-16-13(12)6-8-15-14/h7,9,11,15H,4-6,8,10H2,1-3H3. The Balaban J connectivity index is 2.29. The molecule has 0 spiro atoms. The van der Waals surface area contributed by atoms with Gasteiger partial charge in [0.2, 0.25) is 0 Å². The molecule has 2 heteroatoms. The lowest BCUT2D eigenvalue weighted by molar-refractivity contribution is 0.230. The zero-order valence-electron chi connectivity index (χ0n) is 10.7. The molecule has 1 aliphatic heterocycles. The molecule has 0 bridgehead atoms. The van der Waals surface area contributed by atoms with Gasteiger partial charge in [0.1, 0.15) is 5.76 Å². The topological polar surface area (TPSA) is 25.2 Å². The molecular weight excluding hydrogens is 198 g/mol. The predicted molar refractivity (Wildman–Crippen MR) is 66.5 cm³/mol. The van der Waals surface area contributed by atoms with E-state index in [-0.39, 0.29) is 5.54 Å². The van der Waals surface area contributed by atoms with Crippen molar-refractivity contribution in [2.24, 2.45) is 5.92 Å². The van der Waals surface area contributed by atoms with Crippen LogP contribution in [0.5, 0.6) is 0 Å². The Labute approximate surface area is 98.4 Å². The smallest absolute Gasteiger partial charge is 0.110 e. The molecule has 1 aliphatic rings. The van der Waals surface area contributed by atoms with E-state index in [1.165, 1.54) is 24.2 Å². The van der Waals surface area contributed by atoms with Crippen LogP contribution >= 0.6 is 0 Å². The first-order chi connectivity index (χ1) is 7.72. The van der Waals surface area contributed by atoms with E-state index in [0.29, 0.717) is 0 Å². The van der Waals surface area contributed by atoms with Crippen LogP contribution in [0, 0.1) is 5.92 Å². The molecule has 1 N–H and O–H groups in total. The summed E-state index contributed by atoms with van der Waals surface area (Å²) in [6.07, 6.45) is 6.48. The third-order valence-corrected chi connectivity index (χ3v) is 4.07. The van der Waals surface area contributed by atoms with Crippen molar-refractivity contribution >= 4 is 0 Å². The summed E-state index contributed by atoms with van der Waals surface area (Å²) in [5.74, 6) is 1.96. The Kier molecular flexibility index (Phi) is 3.38. The summed E-state index contributed by atoms with van der Waals surface area (Å²) < 4.78 is 5.59. The highest BCUT2D eigenvalue weighted by molar-refractivity contribution is 5.30. The molecule has 2 heterocycles. The highest BCUT2D eigenvalue weighted by Gasteiger charge is 2.37. The van der Waals surface area contributed by atoms with Gasteiger partial charge >= 0.3 is 0 Å². The van der Waals surface area contributed by atoms with Gasteiger partial charge in [-0.3, -0.25) is 0 Å². The number of rotatable bonds is 4. The molecule has 0 saturated carbocycles. The lowest BCUT2D eigenvalue weighted by atomic mass is 9.77. The second-order valence-electron chi connectivity index (χ2n) is 5.09. The minimum absolute atomic E-state index is 0.163. The fourth-order valence-electron chi connectivity index (χ4n) is 2.85. The molecule has 0 aliphatic carbocycles. The first-order valence-corrected chi connectivity index (χ1v) is 6.53. The largest absolute Gasteiger partial charge is 0.469 e. The summed E-state index contributed by atoms with van der Waals surface area (Å²) in [5.41, 5.74) is 1.57. The van der Waals surface area contributed by atoms with Gasteiger partial charge in [-0.15, -0.1) is 0 Å². The molecule has 0 amide bonds. The summed E-state index contributed by atoms with van der Waals surface area (Å²) in [7, 11) is 0. The molecule has 90 valence electrons. The molecule has 2 unspecified atom stereocenters. The van der Waals surface area contributed by atoms with Gasteiger partial charge in [-0.2, -0.15) is 0 Å². The normalized spacial score (nSPS) is 26.4. The number of hydrogen-bond acceptors (Lipinski definition) is 2. The second kappa shape index (κ2) is 4.62. The van der Waals surface area contributed by atoms with Crippen LogP contribution in [0.15, 0.2) is 16.7 Å². The van der Waals surface area contributed by atoms with Crippen molar-refractivity contribution in [3.8, 4) is 0 Å². The molecule has 16 heavy (non-hydrogen) atoms. The maximum absolute atomic E-state index is 5.59. The molecule has 1 aromatic heterocycles. The lowest BCUT2D eigenvalue weighted by Gasteiger charge is -2.39. The van der Waals surface area contributed by atoms with Gasteiger partial charge in [0, 0.05) is 24.1 Å². The van der Waals surface area contributed by atoms with Gasteiger partial charge < -0.3 is 9.73 Å². The molecular formula is C14H23NO. The van der Waals surface area contributed by atoms with Crippen molar-refractivity contribution in [3.63, 3.8) is 0 Å². The first-order valence-electron chi connectivity index (χ1n) is 6.53. The number of fused-ring (bicyclic) bond motifs is 1. The maximum Gasteiger partial charge on any atom is 0.110 e. The molecule has 1 aromatic rings. The zero-order valence-corrected chi connectivity index (χ0v) is 10.7. The minimum atomic E-state index is 0.163. The van der Waals surface area contributed by atoms with E-state index >= 15 is 0 Å². The average molecular weight is 221 g/mol. The highest BCUT2D eigenvalue weighted by Crippen LogP contribution is 2.37. The van der Waals surface area contributed by atoms with Gasteiger partial charge in [-0.05, 0) is 24.8 Å². The van der Waals surface area contributed by atoms with Gasteiger partial charge in [0.15, 0.2) is 0 Å². The van der Waals surface area contributed by atoms with Gasteiger partial charge in [0.25, 0.3) is 0 Å². The van der Waals surface area contributed by atoms with Crippen LogP contribution in [0.4, 0.5) is 0 Å². The van der Waals surface area contributed by atoms with Crippen LogP contribution in [0.3, 0.4) is 0 Å². The van der Waals surface area contributed by atoms with Crippen LogP contribution in [0.2, 0.25) is 0 Å². The molecule has 0 aromatic carbocycles. The fraction of sp³-hybridized carbons (Fsp3) is 0.714. The molecule has 0 saturated heterocycles. The van der Waals surface area contributed by atoms with E-state index in [1.54, 1.807) is 0 Å². The third kappa shape index (κ3) is 1.91. The van der Waals surface area contributed by atoms with Crippen LogP contribution in [-0.2, 0) is 12.0 Å². The lowest BCUT2D eigenvalue weighted by Crippen LogP contribution is -2.47. The van der Waals surface area contributed by atoms with E-state index in [9.17, 15) is 0 Å². The van der Waals surface area contributed by atoms with Crippen molar-refractivity contribution in [1.29, 1.82) is 0 Å². The van der Waals surface area contributed by atoms with E-state index in [0.717, 1.165) is 25.3 Å². The second-order valence-corrected chi connectivity index (χ2v) is 5.09. The first kappa shape index (κ1) is 11.7. The zero-order chi connectivity index (χ0) is 11.6. The van der Waals surface area contributed by atoms with Crippen molar-refractivity contribution in [3.05, 3.63) is 23.7 Å². The Morgan fingerprint density at radius 3 is 3.00 bits per heavy atom. The van der Waals surface area contributed by atoms with Crippen LogP contribution in [-0.4, -0.2) is 6.54 Å². The Morgan fingerprint density at radius 2 is 2.31 bits per heavy atom. The molecule has 0 fully saturated rings. The number of furan rings is 1. The quantitative estimate of drug-likeness (QED) is 0.842. The number of hydrogen-bond donors (Lipinski definition) is 1. The summed E-state index contributed by atoms with van der Waals surface area (Å²) >= 11 is 0. The Bertz CT molecular complexity index is 344. The average Bonchev–Trinajstić information content (AvgIpc) is 2.78. The van der Waals surface area contributed by atoms with Crippen LogP contribution < -0.4 is 5.32 Å². The SMILES string of the molecule is CCC(C)CC1(CC)NCCc2occc21. The molecule has 0 radical (unpaired) electrons. The van der Waals surface area contributed by atoms with E-state index in [2.05, 4.69) is 32.2 Å². The fourth-order valence-corrected chi connectivity index (χ4v) is 2.85. The number of nitrogens with one attached hydrogen (secondary N) is 1. The summed E-state index contributed by atoms with van der Waals surface area (Å²) in [6.45, 7) is 7.93. The van der Waals surface area contributed by atoms with Crippen molar-refractivity contribution < 1.29 is 4.42 Å². The van der Waals surface area contributed by atoms with Gasteiger partial charge in [0.05, 0.1) is 6.26 Å². The summed E-state index contributed by atoms with van der Waals surface area (Å²) in [4.78, 5) is 0. The van der Waals surface area contributed by atoms with Crippen LogP contribution in [0.1, 0.15) is 51.4 Å². The van der Waals surface area contributed by atoms with Gasteiger partial charge in [-0.1, -0.05) is 27.2 Å². The van der Waals surface area contributed by atoms with E-state index in [1.807, 2.05) is 6.26 Å². The van der Waals surface area contributed by atoms with E-state index < -0.39 is 0 Å². The minimum Gasteiger partial charge on any atom is -0.469 e. The van der Waals surface area contributed by atoms with Crippen molar-refractivity contribution in [2.45, 2.75) is 52.0 Å². The Morgan fingerprint density at radius 1 is 1.50 bits per heavy atom. The predicted octanol–water partition coefficient (Wildman–Crippen LogP) is 3.47. The van der Waals surface area contributed by atoms with E-state index in [4.69, 9.17) is 4.42 Å². The summed E-state index contributed by atoms with van der Waals surface area (Å²) in [6, 6.07) is 2.16. The third-order valence-electron chi connectivity index (χ3n) is 4.07. The van der Waals surface area contributed by atoms with Crippen LogP contribution in [0.25, 0.3) is 0 Å².